The van der Waals surface area contributed by atoms with Crippen molar-refractivity contribution in [1.82, 2.24) is 20.1 Å². The van der Waals surface area contributed by atoms with Crippen molar-refractivity contribution in [2.24, 2.45) is 0 Å². The molecule has 2 aromatic carbocycles. The molecule has 194 valence electrons. The monoisotopic (exact) mass is 528 g/mol. The SMILES string of the molecule is CCCCCCCCC(=O)NC(C)c1nnc(SCc2cccc(OC)c2)n1-c1cc(Cl)ccc1C. The number of benzene rings is 2. The minimum atomic E-state index is -0.297. The van der Waals surface area contributed by atoms with Crippen molar-refractivity contribution in [1.29, 1.82) is 0 Å². The fourth-order valence-electron chi connectivity index (χ4n) is 4.06. The standard InChI is InChI=1S/C28H37ClN4O2S/c1-5-6-7-8-9-10-14-26(34)30-21(3)27-31-32-28(33(27)25-18-23(29)16-15-20(25)2)36-19-22-12-11-13-24(17-22)35-4/h11-13,15-18,21H,5-10,14,19H2,1-4H3,(H,30,34). The molecular weight excluding hydrogens is 492 g/mol. The van der Waals surface area contributed by atoms with Gasteiger partial charge >= 0.3 is 0 Å². The average molecular weight is 529 g/mol. The number of thioether (sulfide) groups is 1. The number of carbonyl (C=O) groups is 1. The fourth-order valence-corrected chi connectivity index (χ4v) is 5.12. The van der Waals surface area contributed by atoms with Crippen LogP contribution in [0.25, 0.3) is 5.69 Å². The Morgan fingerprint density at radius 2 is 1.89 bits per heavy atom. The van der Waals surface area contributed by atoms with E-state index in [9.17, 15) is 4.79 Å². The molecule has 0 spiro atoms. The van der Waals surface area contributed by atoms with Crippen LogP contribution in [0.4, 0.5) is 0 Å². The van der Waals surface area contributed by atoms with Crippen LogP contribution in [0, 0.1) is 6.92 Å². The maximum atomic E-state index is 12.7. The Morgan fingerprint density at radius 1 is 1.11 bits per heavy atom. The second-order valence-electron chi connectivity index (χ2n) is 9.05. The summed E-state index contributed by atoms with van der Waals surface area (Å²) >= 11 is 7.95. The largest absolute Gasteiger partial charge is 0.497 e. The van der Waals surface area contributed by atoms with Gasteiger partial charge in [-0.2, -0.15) is 0 Å². The number of unbranched alkanes of at least 4 members (excludes halogenated alkanes) is 5. The summed E-state index contributed by atoms with van der Waals surface area (Å²) < 4.78 is 7.37. The van der Waals surface area contributed by atoms with E-state index in [0.717, 1.165) is 40.6 Å². The lowest BCUT2D eigenvalue weighted by molar-refractivity contribution is -0.121. The Morgan fingerprint density at radius 3 is 2.67 bits per heavy atom. The molecule has 1 aromatic heterocycles. The Balaban J connectivity index is 1.77. The normalized spacial score (nSPS) is 11.9. The van der Waals surface area contributed by atoms with Gasteiger partial charge in [0.25, 0.3) is 0 Å². The van der Waals surface area contributed by atoms with Gasteiger partial charge in [0.1, 0.15) is 5.75 Å². The molecular formula is C28H37ClN4O2S. The number of hydrogen-bond acceptors (Lipinski definition) is 5. The van der Waals surface area contributed by atoms with Crippen LogP contribution in [-0.2, 0) is 10.5 Å². The summed E-state index contributed by atoms with van der Waals surface area (Å²) in [4.78, 5) is 12.7. The Kier molecular flexibility index (Phi) is 11.1. The van der Waals surface area contributed by atoms with E-state index >= 15 is 0 Å². The first-order valence-electron chi connectivity index (χ1n) is 12.7. The quantitative estimate of drug-likeness (QED) is 0.174. The van der Waals surface area contributed by atoms with Gasteiger partial charge in [-0.1, -0.05) is 80.6 Å². The molecule has 1 N–H and O–H groups in total. The first-order valence-corrected chi connectivity index (χ1v) is 14.1. The molecule has 0 saturated carbocycles. The third kappa shape index (κ3) is 8.00. The highest BCUT2D eigenvalue weighted by Crippen LogP contribution is 2.31. The minimum Gasteiger partial charge on any atom is -0.497 e. The molecule has 3 rings (SSSR count). The number of aryl methyl sites for hydroxylation is 1. The lowest BCUT2D eigenvalue weighted by Crippen LogP contribution is -2.28. The minimum absolute atomic E-state index is 0.0425. The number of aromatic nitrogens is 3. The van der Waals surface area contributed by atoms with E-state index < -0.39 is 0 Å². The predicted molar refractivity (Wildman–Crippen MR) is 148 cm³/mol. The molecule has 8 heteroatoms. The maximum Gasteiger partial charge on any atom is 0.220 e. The van der Waals surface area contributed by atoms with E-state index in [1.165, 1.54) is 25.7 Å². The number of hydrogen-bond donors (Lipinski definition) is 1. The molecule has 1 atom stereocenters. The van der Waals surface area contributed by atoms with Crippen molar-refractivity contribution in [3.63, 3.8) is 0 Å². The van der Waals surface area contributed by atoms with Gasteiger partial charge in [0, 0.05) is 17.2 Å². The molecule has 1 unspecified atom stereocenters. The van der Waals surface area contributed by atoms with Crippen molar-refractivity contribution in [3.05, 3.63) is 64.4 Å². The summed E-state index contributed by atoms with van der Waals surface area (Å²) in [6, 6.07) is 13.5. The van der Waals surface area contributed by atoms with E-state index in [4.69, 9.17) is 16.3 Å². The smallest absolute Gasteiger partial charge is 0.220 e. The Labute approximate surface area is 224 Å². The average Bonchev–Trinajstić information content (AvgIpc) is 3.30. The van der Waals surface area contributed by atoms with Crippen molar-refractivity contribution < 1.29 is 9.53 Å². The Bertz CT molecular complexity index is 1130. The zero-order valence-corrected chi connectivity index (χ0v) is 23.3. The van der Waals surface area contributed by atoms with Crippen LogP contribution < -0.4 is 10.1 Å². The first-order chi connectivity index (χ1) is 17.4. The number of nitrogens with zero attached hydrogens (tertiary/aromatic N) is 3. The lowest BCUT2D eigenvalue weighted by Gasteiger charge is -2.18. The molecule has 0 radical (unpaired) electrons. The molecule has 0 fully saturated rings. The molecule has 0 saturated heterocycles. The highest BCUT2D eigenvalue weighted by atomic mass is 35.5. The van der Waals surface area contributed by atoms with Crippen LogP contribution in [0.3, 0.4) is 0 Å². The molecule has 3 aromatic rings. The molecule has 1 amide bonds. The number of ether oxygens (including phenoxy) is 1. The molecule has 0 aliphatic heterocycles. The van der Waals surface area contributed by atoms with Gasteiger partial charge in [-0.05, 0) is 55.7 Å². The van der Waals surface area contributed by atoms with Gasteiger partial charge in [-0.15, -0.1) is 10.2 Å². The number of rotatable bonds is 14. The van der Waals surface area contributed by atoms with Crippen molar-refractivity contribution >= 4 is 29.3 Å². The van der Waals surface area contributed by atoms with E-state index in [-0.39, 0.29) is 11.9 Å². The van der Waals surface area contributed by atoms with E-state index in [1.807, 2.05) is 54.8 Å². The zero-order valence-electron chi connectivity index (χ0n) is 21.7. The fraction of sp³-hybridized carbons (Fsp3) is 0.464. The molecule has 36 heavy (non-hydrogen) atoms. The van der Waals surface area contributed by atoms with E-state index in [1.54, 1.807) is 18.9 Å². The van der Waals surface area contributed by atoms with Gasteiger partial charge in [0.15, 0.2) is 11.0 Å². The van der Waals surface area contributed by atoms with Crippen LogP contribution in [0.1, 0.15) is 81.8 Å². The summed E-state index contributed by atoms with van der Waals surface area (Å²) in [6.45, 7) is 6.20. The van der Waals surface area contributed by atoms with Crippen LogP contribution in [-0.4, -0.2) is 27.8 Å². The molecule has 0 bridgehead atoms. The zero-order chi connectivity index (χ0) is 25.9. The topological polar surface area (TPSA) is 69.0 Å². The van der Waals surface area contributed by atoms with Crippen molar-refractivity contribution in [3.8, 4) is 11.4 Å². The highest BCUT2D eigenvalue weighted by Gasteiger charge is 2.22. The second-order valence-corrected chi connectivity index (χ2v) is 10.4. The molecule has 0 aliphatic carbocycles. The van der Waals surface area contributed by atoms with Crippen LogP contribution in [0.15, 0.2) is 47.6 Å². The van der Waals surface area contributed by atoms with Gasteiger partial charge in [0.2, 0.25) is 5.91 Å². The second kappa shape index (κ2) is 14.3. The number of amides is 1. The molecule has 6 nitrogen and oxygen atoms in total. The predicted octanol–water partition coefficient (Wildman–Crippen LogP) is 7.46. The number of carbonyl (C=O) groups excluding carboxylic acids is 1. The van der Waals surface area contributed by atoms with E-state index in [0.29, 0.717) is 23.0 Å². The van der Waals surface area contributed by atoms with Crippen LogP contribution >= 0.6 is 23.4 Å². The van der Waals surface area contributed by atoms with Crippen LogP contribution in [0.2, 0.25) is 5.02 Å². The van der Waals surface area contributed by atoms with Crippen LogP contribution in [0.5, 0.6) is 5.75 Å². The van der Waals surface area contributed by atoms with Gasteiger partial charge in [-0.25, -0.2) is 0 Å². The summed E-state index contributed by atoms with van der Waals surface area (Å²) in [6.07, 6.45) is 7.44. The van der Waals surface area contributed by atoms with Gasteiger partial charge < -0.3 is 10.1 Å². The summed E-state index contributed by atoms with van der Waals surface area (Å²) in [7, 11) is 1.67. The summed E-state index contributed by atoms with van der Waals surface area (Å²) in [5.74, 6) is 2.25. The lowest BCUT2D eigenvalue weighted by atomic mass is 10.1. The maximum absolute atomic E-state index is 12.7. The third-order valence-electron chi connectivity index (χ3n) is 6.09. The molecule has 1 heterocycles. The first kappa shape index (κ1) is 28.1. The number of halogens is 1. The van der Waals surface area contributed by atoms with E-state index in [2.05, 4.69) is 28.5 Å². The summed E-state index contributed by atoms with van der Waals surface area (Å²) in [5.41, 5.74) is 3.08. The molecule has 0 aliphatic rings. The van der Waals surface area contributed by atoms with Crippen molar-refractivity contribution in [2.45, 2.75) is 82.7 Å². The Hall–Kier alpha value is -2.51. The summed E-state index contributed by atoms with van der Waals surface area (Å²) in [5, 5.41) is 13.5. The third-order valence-corrected chi connectivity index (χ3v) is 7.33. The van der Waals surface area contributed by atoms with Crippen molar-refractivity contribution in [2.75, 3.05) is 7.11 Å². The number of nitrogens with one attached hydrogen (secondary N) is 1. The number of methoxy groups -OCH3 is 1. The highest BCUT2D eigenvalue weighted by molar-refractivity contribution is 7.98. The van der Waals surface area contributed by atoms with Gasteiger partial charge in [-0.3, -0.25) is 9.36 Å². The van der Waals surface area contributed by atoms with Gasteiger partial charge in [0.05, 0.1) is 18.8 Å².